The zero-order valence-electron chi connectivity index (χ0n) is 28.1. The molecule has 0 unspecified atom stereocenters. The molecule has 2 aliphatic rings. The number of likely N-dealkylation sites (N-methyl/N-ethyl adjacent to an activating group) is 1. The van der Waals surface area contributed by atoms with Crippen molar-refractivity contribution < 1.29 is 19.0 Å². The number of nitrogens with one attached hydrogen (secondary N) is 2. The number of anilines is 3. The molecule has 254 valence electrons. The predicted molar refractivity (Wildman–Crippen MR) is 192 cm³/mol. The van der Waals surface area contributed by atoms with Gasteiger partial charge in [-0.25, -0.2) is 0 Å². The monoisotopic (exact) mass is 680 g/mol. The number of halogens is 1. The van der Waals surface area contributed by atoms with E-state index in [9.17, 15) is 10.1 Å². The fourth-order valence-corrected chi connectivity index (χ4v) is 6.12. The van der Waals surface area contributed by atoms with Crippen LogP contribution >= 0.6 is 11.6 Å². The van der Waals surface area contributed by atoms with Crippen LogP contribution in [0.25, 0.3) is 10.9 Å². The molecule has 2 aromatic carbocycles. The van der Waals surface area contributed by atoms with Crippen LogP contribution in [0, 0.1) is 11.3 Å². The fourth-order valence-electron chi connectivity index (χ4n) is 5.88. The van der Waals surface area contributed by atoms with E-state index in [2.05, 4.69) is 27.8 Å². The number of nitriles is 1. The van der Waals surface area contributed by atoms with Gasteiger partial charge in [0.05, 0.1) is 39.8 Å². The van der Waals surface area contributed by atoms with E-state index >= 15 is 0 Å². The second-order valence-corrected chi connectivity index (χ2v) is 13.0. The number of aromatic nitrogens is 2. The molecule has 1 aliphatic carbocycles. The van der Waals surface area contributed by atoms with Gasteiger partial charge in [-0.15, -0.1) is 0 Å². The van der Waals surface area contributed by atoms with Gasteiger partial charge < -0.3 is 29.7 Å². The van der Waals surface area contributed by atoms with Crippen molar-refractivity contribution in [3.8, 4) is 17.6 Å². The number of fused-ring (bicyclic) bond motifs is 1. The first kappa shape index (κ1) is 34.2. The van der Waals surface area contributed by atoms with E-state index in [1.165, 1.54) is 6.08 Å². The molecular formula is C38H41ClN6O4. The first-order valence-corrected chi connectivity index (χ1v) is 17.1. The molecule has 1 saturated carbocycles. The molecule has 0 radical (unpaired) electrons. The highest BCUT2D eigenvalue weighted by atomic mass is 35.5. The summed E-state index contributed by atoms with van der Waals surface area (Å²) < 4.78 is 17.5. The number of ether oxygens (including phenoxy) is 3. The summed E-state index contributed by atoms with van der Waals surface area (Å²) in [5.74, 6) is 1.41. The van der Waals surface area contributed by atoms with Crippen LogP contribution in [0.1, 0.15) is 67.0 Å². The molecular weight excluding hydrogens is 640 g/mol. The van der Waals surface area contributed by atoms with Crippen LogP contribution in [0.2, 0.25) is 5.02 Å². The number of benzene rings is 2. The quantitative estimate of drug-likeness (QED) is 0.137. The second-order valence-electron chi connectivity index (χ2n) is 12.6. The molecule has 6 rings (SSSR count). The molecule has 10 nitrogen and oxygen atoms in total. The number of carbonyl (C=O) groups excluding carboxylic acids is 1. The minimum absolute atomic E-state index is 0.218. The topological polar surface area (TPSA) is 122 Å². The van der Waals surface area contributed by atoms with Crippen molar-refractivity contribution in [3.63, 3.8) is 0 Å². The number of carbonyl (C=O) groups is 1. The molecule has 3 heterocycles. The summed E-state index contributed by atoms with van der Waals surface area (Å²) >= 11 is 6.73. The number of hydrogen-bond donors (Lipinski definition) is 2. The molecule has 11 heteroatoms. The van der Waals surface area contributed by atoms with Crippen molar-refractivity contribution in [2.75, 3.05) is 51.1 Å². The average Bonchev–Trinajstić information content (AvgIpc) is 3.95. The second kappa shape index (κ2) is 15.7. The summed E-state index contributed by atoms with van der Waals surface area (Å²) in [7, 11) is 3.87. The van der Waals surface area contributed by atoms with Crippen LogP contribution in [0.5, 0.6) is 11.5 Å². The zero-order valence-corrected chi connectivity index (χ0v) is 28.8. The third-order valence-electron chi connectivity index (χ3n) is 8.57. The van der Waals surface area contributed by atoms with Crippen molar-refractivity contribution in [3.05, 3.63) is 88.4 Å². The average molecular weight is 681 g/mol. The van der Waals surface area contributed by atoms with Crippen molar-refractivity contribution in [1.29, 1.82) is 5.26 Å². The molecule has 1 saturated heterocycles. The van der Waals surface area contributed by atoms with Crippen LogP contribution in [0.15, 0.2) is 60.8 Å². The molecule has 2 aromatic heterocycles. The van der Waals surface area contributed by atoms with E-state index in [0.717, 1.165) is 55.8 Å². The van der Waals surface area contributed by atoms with Crippen LogP contribution in [0.4, 0.5) is 17.1 Å². The highest BCUT2D eigenvalue weighted by Crippen LogP contribution is 2.46. The van der Waals surface area contributed by atoms with Crippen LogP contribution < -0.4 is 20.1 Å². The van der Waals surface area contributed by atoms with E-state index in [1.54, 1.807) is 12.1 Å². The van der Waals surface area contributed by atoms with Gasteiger partial charge in [0, 0.05) is 72.3 Å². The van der Waals surface area contributed by atoms with Crippen LogP contribution in [-0.2, 0) is 16.1 Å². The van der Waals surface area contributed by atoms with Gasteiger partial charge in [-0.2, -0.15) is 5.26 Å². The van der Waals surface area contributed by atoms with Crippen molar-refractivity contribution in [2.45, 2.75) is 51.0 Å². The molecule has 0 spiro atoms. The third kappa shape index (κ3) is 8.49. The summed E-state index contributed by atoms with van der Waals surface area (Å²) in [6.07, 6.45) is 9.09. The Morgan fingerprint density at radius 3 is 2.57 bits per heavy atom. The SMILES string of the molecule is CCOc1cc2nc(C3CC3)c(C#N)c(Nc3ccc(OCc4ccc(C5CCOCC5)nc4)c(Cl)c3)c2cc1NC(=O)/C=C/CN(C)C. The number of hydrogen-bond acceptors (Lipinski definition) is 9. The summed E-state index contributed by atoms with van der Waals surface area (Å²) in [5, 5.41) is 17.9. The van der Waals surface area contributed by atoms with E-state index in [1.807, 2.05) is 62.4 Å². The molecule has 0 atom stereocenters. The smallest absolute Gasteiger partial charge is 0.248 e. The molecule has 1 aliphatic heterocycles. The first-order chi connectivity index (χ1) is 23.8. The van der Waals surface area contributed by atoms with Gasteiger partial charge in [-0.3, -0.25) is 14.8 Å². The Morgan fingerprint density at radius 2 is 1.90 bits per heavy atom. The van der Waals surface area contributed by atoms with E-state index in [-0.39, 0.29) is 11.8 Å². The van der Waals surface area contributed by atoms with Gasteiger partial charge >= 0.3 is 0 Å². The largest absolute Gasteiger partial charge is 0.492 e. The lowest BCUT2D eigenvalue weighted by molar-refractivity contribution is -0.111. The van der Waals surface area contributed by atoms with E-state index < -0.39 is 0 Å². The normalized spacial score (nSPS) is 15.0. The molecule has 2 N–H and O–H groups in total. The van der Waals surface area contributed by atoms with Crippen molar-refractivity contribution in [1.82, 2.24) is 14.9 Å². The van der Waals surface area contributed by atoms with Crippen molar-refractivity contribution in [2.24, 2.45) is 0 Å². The Bertz CT molecular complexity index is 1880. The lowest BCUT2D eigenvalue weighted by atomic mass is 9.96. The number of nitrogens with zero attached hydrogens (tertiary/aromatic N) is 4. The first-order valence-electron chi connectivity index (χ1n) is 16.7. The van der Waals surface area contributed by atoms with Gasteiger partial charge in [0.25, 0.3) is 0 Å². The third-order valence-corrected chi connectivity index (χ3v) is 8.87. The zero-order chi connectivity index (χ0) is 34.3. The van der Waals surface area contributed by atoms with Gasteiger partial charge in [0.1, 0.15) is 24.2 Å². The molecule has 0 bridgehead atoms. The Kier molecular flexibility index (Phi) is 10.9. The Hall–Kier alpha value is -4.69. The van der Waals surface area contributed by atoms with E-state index in [0.29, 0.717) is 75.7 Å². The molecule has 49 heavy (non-hydrogen) atoms. The van der Waals surface area contributed by atoms with Gasteiger partial charge in [0.15, 0.2) is 0 Å². The highest BCUT2D eigenvalue weighted by Gasteiger charge is 2.31. The summed E-state index contributed by atoms with van der Waals surface area (Å²) in [5.41, 5.74) is 5.68. The number of rotatable bonds is 13. The maximum Gasteiger partial charge on any atom is 0.248 e. The van der Waals surface area contributed by atoms with Crippen LogP contribution in [-0.4, -0.2) is 61.2 Å². The minimum atomic E-state index is -0.284. The fraction of sp³-hybridized carbons (Fsp3) is 0.368. The van der Waals surface area contributed by atoms with E-state index in [4.69, 9.17) is 30.8 Å². The maximum absolute atomic E-state index is 12.8. The number of pyridine rings is 2. The highest BCUT2D eigenvalue weighted by molar-refractivity contribution is 6.32. The lowest BCUT2D eigenvalue weighted by Crippen LogP contribution is -2.15. The Balaban J connectivity index is 1.26. The van der Waals surface area contributed by atoms with Gasteiger partial charge in [-0.05, 0) is 77.0 Å². The predicted octanol–water partition coefficient (Wildman–Crippen LogP) is 7.70. The lowest BCUT2D eigenvalue weighted by Gasteiger charge is -2.21. The molecule has 4 aromatic rings. The summed E-state index contributed by atoms with van der Waals surface area (Å²) in [6, 6.07) is 15.6. The van der Waals surface area contributed by atoms with Gasteiger partial charge in [0.2, 0.25) is 5.91 Å². The van der Waals surface area contributed by atoms with Crippen LogP contribution in [0.3, 0.4) is 0 Å². The standard InChI is InChI=1S/C38H41ClN6O4/c1-4-48-35-20-32-28(19-33(35)43-36(46)6-5-15-45(2)3)38(29(21-40)37(44-32)26-8-9-26)42-27-10-12-34(30(39)18-27)49-23-24-7-11-31(41-22-24)25-13-16-47-17-14-25/h5-7,10-12,18-20,22,25-26H,4,8-9,13-17,23H2,1-3H3,(H,42,44)(H,43,46)/b6-5+. The minimum Gasteiger partial charge on any atom is -0.492 e. The summed E-state index contributed by atoms with van der Waals surface area (Å²) in [6.45, 7) is 4.81. The molecule has 1 amide bonds. The Labute approximate surface area is 292 Å². The molecule has 2 fully saturated rings. The maximum atomic E-state index is 12.8. The Morgan fingerprint density at radius 1 is 1.08 bits per heavy atom. The summed E-state index contributed by atoms with van der Waals surface area (Å²) in [4.78, 5) is 24.4. The van der Waals surface area contributed by atoms with Crippen molar-refractivity contribution >= 4 is 45.5 Å². The van der Waals surface area contributed by atoms with Gasteiger partial charge in [-0.1, -0.05) is 23.7 Å². The number of amides is 1.